The molecule has 2 amide bonds. The number of amides is 2. The lowest BCUT2D eigenvalue weighted by molar-refractivity contribution is -0.119. The van der Waals surface area contributed by atoms with Crippen LogP contribution in [0.25, 0.3) is 11.0 Å². The fourth-order valence-corrected chi connectivity index (χ4v) is 5.04. The summed E-state index contributed by atoms with van der Waals surface area (Å²) in [5.74, 6) is -0.275. The van der Waals surface area contributed by atoms with Gasteiger partial charge in [0.2, 0.25) is 5.76 Å². The van der Waals surface area contributed by atoms with Crippen LogP contribution in [0.2, 0.25) is 0 Å². The van der Waals surface area contributed by atoms with E-state index in [0.29, 0.717) is 42.0 Å². The van der Waals surface area contributed by atoms with Crippen LogP contribution in [0.3, 0.4) is 0 Å². The van der Waals surface area contributed by atoms with Gasteiger partial charge in [-0.05, 0) is 61.2 Å². The first-order valence-corrected chi connectivity index (χ1v) is 12.5. The first-order valence-electron chi connectivity index (χ1n) is 12.5. The Morgan fingerprint density at radius 2 is 1.76 bits per heavy atom. The predicted molar refractivity (Wildman–Crippen MR) is 138 cm³/mol. The van der Waals surface area contributed by atoms with Crippen molar-refractivity contribution >= 4 is 22.8 Å². The summed E-state index contributed by atoms with van der Waals surface area (Å²) in [5, 5.41) is 0.469. The van der Waals surface area contributed by atoms with E-state index in [1.807, 2.05) is 38.1 Å². The molecule has 9 nitrogen and oxygen atoms in total. The van der Waals surface area contributed by atoms with Crippen LogP contribution in [0.15, 0.2) is 45.6 Å². The van der Waals surface area contributed by atoms with E-state index >= 15 is 0 Å². The van der Waals surface area contributed by atoms with Crippen molar-refractivity contribution in [1.29, 1.82) is 0 Å². The molecule has 2 aliphatic heterocycles. The Labute approximate surface area is 214 Å². The number of primary amides is 1. The third-order valence-electron chi connectivity index (χ3n) is 7.14. The molecule has 0 aliphatic carbocycles. The largest absolute Gasteiger partial charge is 0.484 e. The average molecular weight is 506 g/mol. The standard InChI is InChI=1S/C28H31N3O6/c1-17-14-21-22(15-18(17)2)37-27-24(26(21)33)25(19-4-6-20(7-5-19)36-16-23(29)32)31(28(27)34)9-3-8-30-10-12-35-13-11-30/h4-7,14-15,25H,3,8-13,16H2,1-2H3,(H2,29,32)/t25-/m1/s1. The minimum absolute atomic E-state index is 0.103. The highest BCUT2D eigenvalue weighted by Crippen LogP contribution is 2.39. The molecule has 0 radical (unpaired) electrons. The van der Waals surface area contributed by atoms with Gasteiger partial charge in [-0.3, -0.25) is 19.3 Å². The number of aryl methyl sites for hydroxylation is 2. The summed E-state index contributed by atoms with van der Waals surface area (Å²) >= 11 is 0. The molecule has 37 heavy (non-hydrogen) atoms. The third-order valence-corrected chi connectivity index (χ3v) is 7.14. The number of rotatable bonds is 8. The fraction of sp³-hybridized carbons (Fsp3) is 0.393. The molecule has 0 saturated carbocycles. The lowest BCUT2D eigenvalue weighted by Gasteiger charge is -2.29. The topological polar surface area (TPSA) is 115 Å². The zero-order valence-corrected chi connectivity index (χ0v) is 21.1. The molecule has 2 N–H and O–H groups in total. The molecule has 194 valence electrons. The van der Waals surface area contributed by atoms with Gasteiger partial charge in [-0.25, -0.2) is 0 Å². The van der Waals surface area contributed by atoms with Gasteiger partial charge in [0.15, 0.2) is 12.0 Å². The molecule has 0 bridgehead atoms. The number of benzene rings is 2. The van der Waals surface area contributed by atoms with Gasteiger partial charge in [0.05, 0.1) is 30.2 Å². The number of nitrogens with two attached hydrogens (primary N) is 1. The Morgan fingerprint density at radius 1 is 1.05 bits per heavy atom. The summed E-state index contributed by atoms with van der Waals surface area (Å²) in [6.07, 6.45) is 0.752. The van der Waals surface area contributed by atoms with E-state index < -0.39 is 11.9 Å². The highest BCUT2D eigenvalue weighted by atomic mass is 16.5. The van der Waals surface area contributed by atoms with E-state index in [2.05, 4.69) is 4.90 Å². The van der Waals surface area contributed by atoms with Gasteiger partial charge in [-0.15, -0.1) is 0 Å². The summed E-state index contributed by atoms with van der Waals surface area (Å²) in [6, 6.07) is 10.1. The molecular weight excluding hydrogens is 474 g/mol. The maximum absolute atomic E-state index is 13.8. The first kappa shape index (κ1) is 25.0. The minimum Gasteiger partial charge on any atom is -0.484 e. The van der Waals surface area contributed by atoms with Crippen LogP contribution in [0, 0.1) is 13.8 Å². The number of hydrogen-bond acceptors (Lipinski definition) is 7. The zero-order valence-electron chi connectivity index (χ0n) is 21.1. The van der Waals surface area contributed by atoms with Crippen LogP contribution in [-0.2, 0) is 9.53 Å². The van der Waals surface area contributed by atoms with Crippen LogP contribution < -0.4 is 15.9 Å². The third kappa shape index (κ3) is 4.97. The minimum atomic E-state index is -0.584. The molecule has 0 unspecified atom stereocenters. The molecule has 2 aliphatic rings. The van der Waals surface area contributed by atoms with E-state index in [1.54, 1.807) is 17.0 Å². The van der Waals surface area contributed by atoms with Crippen molar-refractivity contribution in [3.05, 3.63) is 74.6 Å². The van der Waals surface area contributed by atoms with Crippen molar-refractivity contribution in [3.8, 4) is 5.75 Å². The van der Waals surface area contributed by atoms with Crippen LogP contribution in [-0.4, -0.2) is 67.6 Å². The Hall–Kier alpha value is -3.69. The molecule has 2 aromatic carbocycles. The average Bonchev–Trinajstić information content (AvgIpc) is 3.16. The van der Waals surface area contributed by atoms with Gasteiger partial charge in [0.25, 0.3) is 11.8 Å². The van der Waals surface area contributed by atoms with E-state index in [1.165, 1.54) is 0 Å². The molecule has 1 fully saturated rings. The Kier molecular flexibility index (Phi) is 6.99. The number of morpholine rings is 1. The molecular formula is C28H31N3O6. The molecule has 5 rings (SSSR count). The summed E-state index contributed by atoms with van der Waals surface area (Å²) < 4.78 is 16.9. The van der Waals surface area contributed by atoms with Crippen molar-refractivity contribution in [1.82, 2.24) is 9.80 Å². The highest BCUT2D eigenvalue weighted by molar-refractivity contribution is 5.99. The smallest absolute Gasteiger partial charge is 0.290 e. The lowest BCUT2D eigenvalue weighted by Crippen LogP contribution is -2.38. The summed E-state index contributed by atoms with van der Waals surface area (Å²) in [4.78, 5) is 42.5. The number of fused-ring (bicyclic) bond motifs is 2. The van der Waals surface area contributed by atoms with Crippen molar-refractivity contribution in [2.75, 3.05) is 46.0 Å². The van der Waals surface area contributed by atoms with Gasteiger partial charge in [-0.2, -0.15) is 0 Å². The fourth-order valence-electron chi connectivity index (χ4n) is 5.04. The van der Waals surface area contributed by atoms with Crippen molar-refractivity contribution < 1.29 is 23.5 Å². The van der Waals surface area contributed by atoms with E-state index in [4.69, 9.17) is 19.6 Å². The molecule has 9 heteroatoms. The number of carbonyl (C=O) groups excluding carboxylic acids is 2. The second-order valence-electron chi connectivity index (χ2n) is 9.64. The van der Waals surface area contributed by atoms with Crippen LogP contribution in [0.1, 0.15) is 45.3 Å². The summed E-state index contributed by atoms with van der Waals surface area (Å²) in [5.41, 5.74) is 8.50. The number of carbonyl (C=O) groups is 2. The maximum atomic E-state index is 13.8. The van der Waals surface area contributed by atoms with Crippen molar-refractivity contribution in [3.63, 3.8) is 0 Å². The highest BCUT2D eigenvalue weighted by Gasteiger charge is 2.42. The van der Waals surface area contributed by atoms with Crippen molar-refractivity contribution in [2.45, 2.75) is 26.3 Å². The van der Waals surface area contributed by atoms with Gasteiger partial charge < -0.3 is 24.5 Å². The van der Waals surface area contributed by atoms with Crippen LogP contribution in [0.5, 0.6) is 5.75 Å². The summed E-state index contributed by atoms with van der Waals surface area (Å²) in [6.45, 7) is 8.14. The second kappa shape index (κ2) is 10.4. The van der Waals surface area contributed by atoms with Crippen molar-refractivity contribution in [2.24, 2.45) is 5.73 Å². The van der Waals surface area contributed by atoms with Crippen LogP contribution >= 0.6 is 0 Å². The maximum Gasteiger partial charge on any atom is 0.290 e. The zero-order chi connectivity index (χ0) is 26.1. The second-order valence-corrected chi connectivity index (χ2v) is 9.64. The molecule has 0 spiro atoms. The van der Waals surface area contributed by atoms with Gasteiger partial charge >= 0.3 is 0 Å². The monoisotopic (exact) mass is 505 g/mol. The molecule has 1 atom stereocenters. The Balaban J connectivity index is 1.51. The van der Waals surface area contributed by atoms with Crippen LogP contribution in [0.4, 0.5) is 0 Å². The van der Waals surface area contributed by atoms with E-state index in [0.717, 1.165) is 42.7 Å². The van der Waals surface area contributed by atoms with Gasteiger partial charge in [0, 0.05) is 26.2 Å². The molecule has 3 heterocycles. The predicted octanol–water partition coefficient (Wildman–Crippen LogP) is 2.54. The molecule has 1 saturated heterocycles. The quantitative estimate of drug-likeness (QED) is 0.500. The molecule has 3 aromatic rings. The normalized spacial score (nSPS) is 17.8. The summed E-state index contributed by atoms with van der Waals surface area (Å²) in [7, 11) is 0. The Bertz CT molecular complexity index is 1390. The Morgan fingerprint density at radius 3 is 2.46 bits per heavy atom. The van der Waals surface area contributed by atoms with Gasteiger partial charge in [-0.1, -0.05) is 12.1 Å². The van der Waals surface area contributed by atoms with E-state index in [-0.39, 0.29) is 23.7 Å². The number of ether oxygens (including phenoxy) is 2. The lowest BCUT2D eigenvalue weighted by atomic mass is 9.97. The SMILES string of the molecule is Cc1cc2oc3c(c(=O)c2cc1C)[C@@H](c1ccc(OCC(N)=O)cc1)N(CCCN1CCOCC1)C3=O. The number of nitrogens with zero attached hydrogens (tertiary/aromatic N) is 2. The number of hydrogen-bond donors (Lipinski definition) is 1. The molecule has 1 aromatic heterocycles. The van der Waals surface area contributed by atoms with E-state index in [9.17, 15) is 14.4 Å². The first-order chi connectivity index (χ1) is 17.8. The van der Waals surface area contributed by atoms with Gasteiger partial charge in [0.1, 0.15) is 11.3 Å².